The highest BCUT2D eigenvalue weighted by molar-refractivity contribution is 6.22. The molecule has 1 aliphatic rings. The highest BCUT2D eigenvalue weighted by Gasteiger charge is 2.36. The number of rotatable bonds is 5. The van der Waals surface area contributed by atoms with E-state index in [0.29, 0.717) is 0 Å². The number of aromatic nitrogens is 2. The molecule has 0 radical (unpaired) electrons. The van der Waals surface area contributed by atoms with E-state index in [-0.39, 0.29) is 35.0 Å². The second-order valence-electron chi connectivity index (χ2n) is 6.01. The molecule has 28 heavy (non-hydrogen) atoms. The largest absolute Gasteiger partial charge is 0.345 e. The van der Waals surface area contributed by atoms with Crippen molar-refractivity contribution in [3.05, 3.63) is 71.4 Å². The molecule has 0 bridgehead atoms. The third-order valence-electron chi connectivity index (χ3n) is 4.20. The van der Waals surface area contributed by atoms with Crippen LogP contribution in [0.25, 0.3) is 11.4 Å². The summed E-state index contributed by atoms with van der Waals surface area (Å²) in [6.45, 7) is -0.551. The van der Waals surface area contributed by atoms with Crippen LogP contribution in [0, 0.1) is 5.82 Å². The first kappa shape index (κ1) is 17.5. The van der Waals surface area contributed by atoms with Crippen LogP contribution in [0.3, 0.4) is 0 Å². The zero-order valence-corrected chi connectivity index (χ0v) is 14.4. The van der Waals surface area contributed by atoms with E-state index in [0.717, 1.165) is 4.90 Å². The Morgan fingerprint density at radius 3 is 2.25 bits per heavy atom. The summed E-state index contributed by atoms with van der Waals surface area (Å²) in [5.41, 5.74) is 0.716. The Morgan fingerprint density at radius 1 is 1.00 bits per heavy atom. The molecule has 1 aromatic heterocycles. The number of hydrogen-bond acceptors (Lipinski definition) is 6. The van der Waals surface area contributed by atoms with Crippen molar-refractivity contribution in [3.8, 4) is 11.4 Å². The maximum absolute atomic E-state index is 13.8. The Bertz CT molecular complexity index is 1060. The van der Waals surface area contributed by atoms with E-state index in [9.17, 15) is 18.8 Å². The fraction of sp³-hybridized carbons (Fsp3) is 0.105. The molecular weight excluding hydrogens is 367 g/mol. The zero-order chi connectivity index (χ0) is 19.7. The summed E-state index contributed by atoms with van der Waals surface area (Å²) in [4.78, 5) is 41.6. The number of nitrogens with one attached hydrogen (secondary N) is 1. The Labute approximate surface area is 158 Å². The predicted molar refractivity (Wildman–Crippen MR) is 93.3 cm³/mol. The monoisotopic (exact) mass is 380 g/mol. The summed E-state index contributed by atoms with van der Waals surface area (Å²) < 4.78 is 18.7. The molecule has 0 saturated carbocycles. The number of nitrogens with zero attached hydrogens (tertiary/aromatic N) is 3. The highest BCUT2D eigenvalue weighted by atomic mass is 19.1. The van der Waals surface area contributed by atoms with E-state index in [1.165, 1.54) is 24.3 Å². The zero-order valence-electron chi connectivity index (χ0n) is 14.4. The third kappa shape index (κ3) is 3.13. The van der Waals surface area contributed by atoms with Crippen LogP contribution in [0.5, 0.6) is 0 Å². The Kier molecular flexibility index (Phi) is 4.40. The molecule has 1 aliphatic heterocycles. The lowest BCUT2D eigenvalue weighted by molar-refractivity contribution is -0.121. The standard InChI is InChI=1S/C19H13FN4O4/c20-14-8-4-3-7-13(14)17-22-16(28-23-17)9-21-15(25)10-24-18(26)11-5-1-2-6-12(11)19(24)27/h1-8H,9-10H2,(H,21,25). The fourth-order valence-corrected chi connectivity index (χ4v) is 2.84. The average Bonchev–Trinajstić information content (AvgIpc) is 3.26. The van der Waals surface area contributed by atoms with E-state index in [2.05, 4.69) is 15.5 Å². The number of fused-ring (bicyclic) bond motifs is 1. The normalized spacial score (nSPS) is 13.0. The van der Waals surface area contributed by atoms with Gasteiger partial charge in [-0.25, -0.2) is 4.39 Å². The van der Waals surface area contributed by atoms with Gasteiger partial charge in [0.15, 0.2) is 0 Å². The van der Waals surface area contributed by atoms with Crippen LogP contribution >= 0.6 is 0 Å². The lowest BCUT2D eigenvalue weighted by Crippen LogP contribution is -2.40. The highest BCUT2D eigenvalue weighted by Crippen LogP contribution is 2.22. The molecule has 140 valence electrons. The molecule has 9 heteroatoms. The van der Waals surface area contributed by atoms with Crippen LogP contribution in [-0.4, -0.2) is 39.3 Å². The van der Waals surface area contributed by atoms with Gasteiger partial charge >= 0.3 is 0 Å². The minimum atomic E-state index is -0.569. The predicted octanol–water partition coefficient (Wildman–Crippen LogP) is 1.79. The third-order valence-corrected chi connectivity index (χ3v) is 4.20. The van der Waals surface area contributed by atoms with Gasteiger partial charge in [0.1, 0.15) is 12.4 Å². The number of carbonyl (C=O) groups excluding carboxylic acids is 3. The first-order chi connectivity index (χ1) is 13.5. The first-order valence-corrected chi connectivity index (χ1v) is 8.34. The molecule has 8 nitrogen and oxygen atoms in total. The Hall–Kier alpha value is -3.88. The van der Waals surface area contributed by atoms with Gasteiger partial charge in [-0.1, -0.05) is 29.4 Å². The molecule has 0 unspecified atom stereocenters. The summed E-state index contributed by atoms with van der Waals surface area (Å²) in [7, 11) is 0. The molecule has 3 amide bonds. The molecule has 0 atom stereocenters. The number of hydrogen-bond donors (Lipinski definition) is 1. The van der Waals surface area contributed by atoms with Crippen LogP contribution in [0.1, 0.15) is 26.6 Å². The molecule has 0 spiro atoms. The molecule has 3 aromatic rings. The van der Waals surface area contributed by atoms with Crippen molar-refractivity contribution in [1.29, 1.82) is 0 Å². The van der Waals surface area contributed by atoms with Crippen molar-refractivity contribution in [2.24, 2.45) is 0 Å². The molecule has 1 N–H and O–H groups in total. The van der Waals surface area contributed by atoms with Crippen molar-refractivity contribution >= 4 is 17.7 Å². The molecule has 0 aliphatic carbocycles. The Morgan fingerprint density at radius 2 is 1.61 bits per heavy atom. The topological polar surface area (TPSA) is 105 Å². The van der Waals surface area contributed by atoms with Crippen LogP contribution in [0.4, 0.5) is 4.39 Å². The van der Waals surface area contributed by atoms with Crippen LogP contribution < -0.4 is 5.32 Å². The molecule has 0 fully saturated rings. The van der Waals surface area contributed by atoms with E-state index in [1.54, 1.807) is 24.3 Å². The lowest BCUT2D eigenvalue weighted by atomic mass is 10.1. The minimum absolute atomic E-state index is 0.0581. The van der Waals surface area contributed by atoms with Crippen LogP contribution in [-0.2, 0) is 11.3 Å². The van der Waals surface area contributed by atoms with E-state index >= 15 is 0 Å². The van der Waals surface area contributed by atoms with Crippen molar-refractivity contribution in [1.82, 2.24) is 20.4 Å². The smallest absolute Gasteiger partial charge is 0.262 e. The maximum Gasteiger partial charge on any atom is 0.262 e. The maximum atomic E-state index is 13.8. The van der Waals surface area contributed by atoms with Gasteiger partial charge in [0.05, 0.1) is 23.2 Å². The van der Waals surface area contributed by atoms with Gasteiger partial charge in [-0.2, -0.15) is 4.98 Å². The lowest BCUT2D eigenvalue weighted by Gasteiger charge is -2.12. The van der Waals surface area contributed by atoms with Gasteiger partial charge in [-0.15, -0.1) is 0 Å². The minimum Gasteiger partial charge on any atom is -0.345 e. The number of benzene rings is 2. The van der Waals surface area contributed by atoms with Crippen molar-refractivity contribution in [2.45, 2.75) is 6.54 Å². The van der Waals surface area contributed by atoms with Gasteiger partial charge in [0.25, 0.3) is 11.8 Å². The second kappa shape index (κ2) is 7.03. The SMILES string of the molecule is O=C(CN1C(=O)c2ccccc2C1=O)NCc1nc(-c2ccccc2F)no1. The van der Waals surface area contributed by atoms with E-state index < -0.39 is 30.1 Å². The fourth-order valence-electron chi connectivity index (χ4n) is 2.84. The summed E-state index contributed by atoms with van der Waals surface area (Å²) >= 11 is 0. The van der Waals surface area contributed by atoms with Gasteiger partial charge in [-0.3, -0.25) is 19.3 Å². The summed E-state index contributed by atoms with van der Waals surface area (Å²) in [6.07, 6.45) is 0. The molecule has 4 rings (SSSR count). The van der Waals surface area contributed by atoms with E-state index in [1.807, 2.05) is 0 Å². The van der Waals surface area contributed by atoms with Crippen LogP contribution in [0.15, 0.2) is 53.1 Å². The van der Waals surface area contributed by atoms with Crippen LogP contribution in [0.2, 0.25) is 0 Å². The first-order valence-electron chi connectivity index (χ1n) is 8.34. The number of amides is 3. The van der Waals surface area contributed by atoms with Gasteiger partial charge in [-0.05, 0) is 24.3 Å². The Balaban J connectivity index is 1.38. The quantitative estimate of drug-likeness (QED) is 0.677. The number of imide groups is 1. The molecular formula is C19H13FN4O4. The molecule has 0 saturated heterocycles. The van der Waals surface area contributed by atoms with E-state index in [4.69, 9.17) is 4.52 Å². The summed E-state index contributed by atoms with van der Waals surface area (Å²) in [5, 5.41) is 6.18. The van der Waals surface area contributed by atoms with Crippen molar-refractivity contribution in [2.75, 3.05) is 6.54 Å². The average molecular weight is 380 g/mol. The number of halogens is 1. The van der Waals surface area contributed by atoms with Gasteiger partial charge in [0, 0.05) is 0 Å². The summed E-state index contributed by atoms with van der Waals surface area (Å²) in [5.74, 6) is -1.98. The summed E-state index contributed by atoms with van der Waals surface area (Å²) in [6, 6.07) is 12.3. The van der Waals surface area contributed by atoms with Gasteiger partial charge < -0.3 is 9.84 Å². The molecule has 2 heterocycles. The second-order valence-corrected chi connectivity index (χ2v) is 6.01. The molecule has 2 aromatic carbocycles. The van der Waals surface area contributed by atoms with Crippen molar-refractivity contribution < 1.29 is 23.3 Å². The van der Waals surface area contributed by atoms with Gasteiger partial charge in [0.2, 0.25) is 17.6 Å². The number of carbonyl (C=O) groups is 3. The van der Waals surface area contributed by atoms with Crippen molar-refractivity contribution in [3.63, 3.8) is 0 Å².